The van der Waals surface area contributed by atoms with Crippen molar-refractivity contribution in [3.05, 3.63) is 91.6 Å². The summed E-state index contributed by atoms with van der Waals surface area (Å²) in [6.45, 7) is 8.58. The maximum atomic E-state index is 16.4. The fourth-order valence-corrected chi connectivity index (χ4v) is 5.89. The molecule has 0 saturated carbocycles. The van der Waals surface area contributed by atoms with Crippen LogP contribution in [0, 0.1) is 44.1 Å². The minimum Gasteiger partial charge on any atom is -0.481 e. The summed E-state index contributed by atoms with van der Waals surface area (Å²) < 4.78 is 90.5. The van der Waals surface area contributed by atoms with Gasteiger partial charge in [-0.15, -0.1) is 0 Å². The first-order chi connectivity index (χ1) is 21.7. The molecule has 12 heteroatoms. The second-order valence-electron chi connectivity index (χ2n) is 12.8. The molecule has 3 aromatic rings. The van der Waals surface area contributed by atoms with E-state index in [2.05, 4.69) is 0 Å². The summed E-state index contributed by atoms with van der Waals surface area (Å²) in [5.41, 5.74) is -3.21. The van der Waals surface area contributed by atoms with Crippen LogP contribution in [0.3, 0.4) is 0 Å². The van der Waals surface area contributed by atoms with Gasteiger partial charge in [0.1, 0.15) is 17.5 Å². The first-order valence-electron chi connectivity index (χ1n) is 15.2. The van der Waals surface area contributed by atoms with Crippen LogP contribution in [0.5, 0.6) is 0 Å². The van der Waals surface area contributed by atoms with E-state index in [1.807, 2.05) is 19.0 Å². The number of aliphatic carboxylic acids is 1. The van der Waals surface area contributed by atoms with Crippen LogP contribution in [0.15, 0.2) is 35.3 Å². The smallest absolute Gasteiger partial charge is 0.419 e. The molecule has 1 heterocycles. The number of rotatable bonds is 13. The first-order valence-corrected chi connectivity index (χ1v) is 15.2. The maximum Gasteiger partial charge on any atom is 0.419 e. The highest BCUT2D eigenvalue weighted by Gasteiger charge is 2.40. The Morgan fingerprint density at radius 3 is 2.15 bits per heavy atom. The molecule has 2 atom stereocenters. The SMILES string of the molecule is Cc1cc(=O)n(C(CC(C)C)C(=O)C[C@@H](CC(=O)O)c2c(F)c(-c3c(C)ccc(F)c3C)cc(C(F)(F)F)c2F)cc1CCN(C)C. The predicted octanol–water partition coefficient (Wildman–Crippen LogP) is 7.79. The van der Waals surface area contributed by atoms with Crippen molar-refractivity contribution < 1.29 is 41.0 Å². The number of aromatic nitrogens is 1. The first kappa shape index (κ1) is 37.5. The minimum atomic E-state index is -5.34. The molecule has 256 valence electrons. The zero-order valence-corrected chi connectivity index (χ0v) is 27.5. The molecule has 0 aliphatic carbocycles. The number of nitrogens with zero attached hydrogens (tertiary/aromatic N) is 2. The average molecular weight is 667 g/mol. The molecule has 0 spiro atoms. The number of carboxylic acid groups (broad SMARTS) is 1. The molecular formula is C35H40F6N2O4. The number of likely N-dealkylation sites (N-methyl/N-ethyl adjacent to an activating group) is 1. The van der Waals surface area contributed by atoms with E-state index in [-0.39, 0.29) is 35.1 Å². The van der Waals surface area contributed by atoms with Crippen LogP contribution in [0.2, 0.25) is 0 Å². The van der Waals surface area contributed by atoms with E-state index in [0.717, 1.165) is 11.6 Å². The largest absolute Gasteiger partial charge is 0.481 e. The van der Waals surface area contributed by atoms with Gasteiger partial charge in [0.2, 0.25) is 0 Å². The second-order valence-corrected chi connectivity index (χ2v) is 12.8. The topological polar surface area (TPSA) is 79.6 Å². The molecule has 2 aromatic carbocycles. The molecule has 47 heavy (non-hydrogen) atoms. The maximum absolute atomic E-state index is 16.4. The van der Waals surface area contributed by atoms with Crippen molar-refractivity contribution in [2.24, 2.45) is 5.92 Å². The Bertz CT molecular complexity index is 1710. The number of Topliss-reactive ketones (excluding diaryl/α,β-unsaturated/α-hetero) is 1. The monoisotopic (exact) mass is 666 g/mol. The van der Waals surface area contributed by atoms with E-state index in [1.54, 1.807) is 20.8 Å². The molecule has 3 rings (SSSR count). The molecule has 0 aliphatic rings. The lowest BCUT2D eigenvalue weighted by molar-refractivity contribution is -0.140. The van der Waals surface area contributed by atoms with E-state index in [9.17, 15) is 37.1 Å². The molecule has 6 nitrogen and oxygen atoms in total. The summed E-state index contributed by atoms with van der Waals surface area (Å²) in [5, 5.41) is 9.71. The van der Waals surface area contributed by atoms with Gasteiger partial charge in [-0.05, 0) is 93.6 Å². The summed E-state index contributed by atoms with van der Waals surface area (Å²) >= 11 is 0. The van der Waals surface area contributed by atoms with Crippen molar-refractivity contribution in [2.45, 2.75) is 78.4 Å². The summed E-state index contributed by atoms with van der Waals surface area (Å²) in [7, 11) is 3.74. The average Bonchev–Trinajstić information content (AvgIpc) is 2.93. The lowest BCUT2D eigenvalue weighted by Gasteiger charge is -2.26. The van der Waals surface area contributed by atoms with Crippen molar-refractivity contribution in [3.63, 3.8) is 0 Å². The number of alkyl halides is 3. The Morgan fingerprint density at radius 2 is 1.60 bits per heavy atom. The van der Waals surface area contributed by atoms with Gasteiger partial charge in [0.05, 0.1) is 18.0 Å². The zero-order chi connectivity index (χ0) is 35.5. The summed E-state index contributed by atoms with van der Waals surface area (Å²) in [6.07, 6.45) is -5.15. The lowest BCUT2D eigenvalue weighted by atomic mass is 9.83. The van der Waals surface area contributed by atoms with Gasteiger partial charge in [-0.1, -0.05) is 19.9 Å². The van der Waals surface area contributed by atoms with Gasteiger partial charge < -0.3 is 14.6 Å². The number of carboxylic acids is 1. The van der Waals surface area contributed by atoms with Crippen LogP contribution in [-0.4, -0.2) is 47.0 Å². The van der Waals surface area contributed by atoms with Crippen LogP contribution >= 0.6 is 0 Å². The molecular weight excluding hydrogens is 626 g/mol. The van der Waals surface area contributed by atoms with Crippen LogP contribution in [-0.2, 0) is 22.2 Å². The Labute approximate surface area is 270 Å². The molecule has 0 radical (unpaired) electrons. The normalized spacial score (nSPS) is 13.3. The summed E-state index contributed by atoms with van der Waals surface area (Å²) in [5.74, 6) is -8.87. The summed E-state index contributed by atoms with van der Waals surface area (Å²) in [6, 6.07) is 2.70. The Morgan fingerprint density at radius 1 is 0.957 bits per heavy atom. The number of aryl methyl sites for hydroxylation is 2. The third kappa shape index (κ3) is 8.71. The van der Waals surface area contributed by atoms with Crippen molar-refractivity contribution >= 4 is 11.8 Å². The molecule has 0 bridgehead atoms. The van der Waals surface area contributed by atoms with Crippen molar-refractivity contribution in [1.82, 2.24) is 9.47 Å². The van der Waals surface area contributed by atoms with Crippen LogP contribution < -0.4 is 5.56 Å². The highest BCUT2D eigenvalue weighted by Crippen LogP contribution is 2.43. The van der Waals surface area contributed by atoms with Crippen LogP contribution in [0.25, 0.3) is 11.1 Å². The second kappa shape index (κ2) is 14.9. The lowest BCUT2D eigenvalue weighted by Crippen LogP contribution is -2.32. The highest BCUT2D eigenvalue weighted by molar-refractivity contribution is 5.84. The Kier molecular flexibility index (Phi) is 11.9. The number of pyridine rings is 1. The molecule has 1 N–H and O–H groups in total. The molecule has 0 saturated heterocycles. The highest BCUT2D eigenvalue weighted by atomic mass is 19.4. The molecule has 1 unspecified atom stereocenters. The summed E-state index contributed by atoms with van der Waals surface area (Å²) in [4.78, 5) is 41.1. The third-order valence-electron chi connectivity index (χ3n) is 8.32. The Balaban J connectivity index is 2.26. The number of benzene rings is 2. The number of ketones is 1. The van der Waals surface area contributed by atoms with Gasteiger partial charge in [0, 0.05) is 42.3 Å². The van der Waals surface area contributed by atoms with Crippen molar-refractivity contribution in [3.8, 4) is 11.1 Å². The third-order valence-corrected chi connectivity index (χ3v) is 8.32. The van der Waals surface area contributed by atoms with Crippen molar-refractivity contribution in [2.75, 3.05) is 20.6 Å². The number of hydrogen-bond donors (Lipinski definition) is 1. The minimum absolute atomic E-state index is 0.0925. The quantitative estimate of drug-likeness (QED) is 0.189. The zero-order valence-electron chi connectivity index (χ0n) is 27.5. The number of carbonyl (C=O) groups excluding carboxylic acids is 1. The van der Waals surface area contributed by atoms with E-state index in [1.165, 1.54) is 36.7 Å². The molecule has 0 aliphatic heterocycles. The number of halogens is 6. The van der Waals surface area contributed by atoms with E-state index in [0.29, 0.717) is 18.5 Å². The molecule has 1 aromatic heterocycles. The van der Waals surface area contributed by atoms with Gasteiger partial charge in [0.15, 0.2) is 5.78 Å². The van der Waals surface area contributed by atoms with E-state index >= 15 is 8.78 Å². The number of carbonyl (C=O) groups is 2. The predicted molar refractivity (Wildman–Crippen MR) is 167 cm³/mol. The van der Waals surface area contributed by atoms with Gasteiger partial charge in [-0.25, -0.2) is 13.2 Å². The van der Waals surface area contributed by atoms with Gasteiger partial charge in [0.25, 0.3) is 5.56 Å². The fourth-order valence-electron chi connectivity index (χ4n) is 5.89. The van der Waals surface area contributed by atoms with Crippen LogP contribution in [0.4, 0.5) is 26.3 Å². The molecule has 0 fully saturated rings. The van der Waals surface area contributed by atoms with Gasteiger partial charge in [-0.2, -0.15) is 13.2 Å². The Hall–Kier alpha value is -3.93. The van der Waals surface area contributed by atoms with E-state index in [4.69, 9.17) is 0 Å². The fraction of sp³-hybridized carbons (Fsp3) is 0.457. The van der Waals surface area contributed by atoms with Crippen LogP contribution in [0.1, 0.15) is 78.5 Å². The number of hydrogen-bond acceptors (Lipinski definition) is 4. The molecule has 0 amide bonds. The van der Waals surface area contributed by atoms with Gasteiger partial charge in [-0.3, -0.25) is 14.4 Å². The van der Waals surface area contributed by atoms with Crippen molar-refractivity contribution in [1.29, 1.82) is 0 Å². The van der Waals surface area contributed by atoms with E-state index < -0.39 is 82.4 Å². The van der Waals surface area contributed by atoms with Gasteiger partial charge >= 0.3 is 12.1 Å². The standard InChI is InChI=1S/C35H40F6N2O4/c1-18(2)12-27(43-17-22(10-11-42(6)7)20(4)13-29(43)45)28(44)14-23(15-30(46)47)32-33(37)24(16-25(34(32)38)35(39,40)41)31-19(3)8-9-26(36)21(31)5/h8-9,13,16-18,23,27H,10-12,14-15H2,1-7H3,(H,46,47)/t23-,27?/m0/s1.